The predicted octanol–water partition coefficient (Wildman–Crippen LogP) is 2.30. The van der Waals surface area contributed by atoms with Crippen molar-refractivity contribution in [1.29, 1.82) is 5.26 Å². The van der Waals surface area contributed by atoms with Crippen molar-refractivity contribution in [2.45, 2.75) is 36.1 Å². The Morgan fingerprint density at radius 2 is 2.50 bits per heavy atom. The normalized spacial score (nSPS) is 14.3. The van der Waals surface area contributed by atoms with E-state index in [9.17, 15) is 0 Å². The quantitative estimate of drug-likeness (QED) is 0.599. The van der Waals surface area contributed by atoms with Gasteiger partial charge in [-0.2, -0.15) is 5.26 Å². The summed E-state index contributed by atoms with van der Waals surface area (Å²) in [5.74, 6) is 0.986. The number of rotatable bonds is 7. The van der Waals surface area contributed by atoms with Crippen molar-refractivity contribution in [2.24, 2.45) is 0 Å². The Morgan fingerprint density at radius 3 is 3.00 bits per heavy atom. The van der Waals surface area contributed by atoms with Crippen LogP contribution in [0.4, 0.5) is 0 Å². The smallest absolute Gasteiger partial charge is 0.174 e. The van der Waals surface area contributed by atoms with Crippen LogP contribution in [-0.4, -0.2) is 28.5 Å². The van der Waals surface area contributed by atoms with Crippen LogP contribution in [0, 0.1) is 11.3 Å². The maximum Gasteiger partial charge on any atom is 0.174 e. The van der Waals surface area contributed by atoms with Crippen molar-refractivity contribution >= 4 is 23.1 Å². The molecule has 16 heavy (non-hydrogen) atoms. The molecule has 1 N–H and O–H groups in total. The number of hydrogen-bond acceptors (Lipinski definition) is 6. The molecule has 4 nitrogen and oxygen atoms in total. The molecule has 0 saturated carbocycles. The zero-order chi connectivity index (χ0) is 11.9. The second-order valence-electron chi connectivity index (χ2n) is 3.45. The van der Waals surface area contributed by atoms with Gasteiger partial charge in [-0.15, -0.1) is 10.2 Å². The van der Waals surface area contributed by atoms with Crippen LogP contribution in [0.25, 0.3) is 0 Å². The molecule has 0 amide bonds. The Balaban J connectivity index is 2.27. The lowest BCUT2D eigenvalue weighted by Crippen LogP contribution is -2.40. The fourth-order valence-corrected chi connectivity index (χ4v) is 2.93. The van der Waals surface area contributed by atoms with Gasteiger partial charge >= 0.3 is 0 Å². The summed E-state index contributed by atoms with van der Waals surface area (Å²) in [7, 11) is 1.85. The fraction of sp³-hybridized carbons (Fsp3) is 0.700. The lowest BCUT2D eigenvalue weighted by molar-refractivity contribution is 0.400. The van der Waals surface area contributed by atoms with Gasteiger partial charge in [0.15, 0.2) is 4.34 Å². The zero-order valence-electron chi connectivity index (χ0n) is 9.56. The summed E-state index contributed by atoms with van der Waals surface area (Å²) >= 11 is 3.27. The van der Waals surface area contributed by atoms with Crippen molar-refractivity contribution in [3.05, 3.63) is 5.51 Å². The molecule has 0 aliphatic heterocycles. The first kappa shape index (κ1) is 13.4. The number of nitriles is 1. The Labute approximate surface area is 104 Å². The number of hydrogen-bond donors (Lipinski definition) is 1. The van der Waals surface area contributed by atoms with E-state index >= 15 is 0 Å². The minimum atomic E-state index is -0.359. The molecule has 0 aliphatic rings. The van der Waals surface area contributed by atoms with Crippen LogP contribution in [0.15, 0.2) is 9.85 Å². The summed E-state index contributed by atoms with van der Waals surface area (Å²) in [5, 5.41) is 20.0. The third-order valence-corrected chi connectivity index (χ3v) is 4.56. The van der Waals surface area contributed by atoms with Gasteiger partial charge in [0.25, 0.3) is 0 Å². The molecule has 1 aromatic heterocycles. The first-order valence-corrected chi connectivity index (χ1v) is 7.12. The maximum absolute atomic E-state index is 9.12. The SMILES string of the molecule is CCC(C#N)(CCCSc1nncs1)NC. The van der Waals surface area contributed by atoms with Crippen LogP contribution >= 0.6 is 23.1 Å². The van der Waals surface area contributed by atoms with Crippen LogP contribution in [0.1, 0.15) is 26.2 Å². The van der Waals surface area contributed by atoms with E-state index in [0.29, 0.717) is 0 Å². The average molecular weight is 256 g/mol. The summed E-state index contributed by atoms with van der Waals surface area (Å²) in [6.45, 7) is 2.04. The third-order valence-electron chi connectivity index (χ3n) is 2.61. The maximum atomic E-state index is 9.12. The average Bonchev–Trinajstić information content (AvgIpc) is 2.83. The Morgan fingerprint density at radius 1 is 1.69 bits per heavy atom. The molecule has 1 heterocycles. The van der Waals surface area contributed by atoms with E-state index in [2.05, 4.69) is 21.6 Å². The summed E-state index contributed by atoms with van der Waals surface area (Å²) in [6.07, 6.45) is 2.72. The molecule has 0 aromatic carbocycles. The summed E-state index contributed by atoms with van der Waals surface area (Å²) < 4.78 is 1.00. The molecule has 6 heteroatoms. The minimum Gasteiger partial charge on any atom is -0.302 e. The minimum absolute atomic E-state index is 0.359. The van der Waals surface area contributed by atoms with E-state index in [1.807, 2.05) is 14.0 Å². The first-order chi connectivity index (χ1) is 7.76. The second-order valence-corrected chi connectivity index (χ2v) is 5.63. The predicted molar refractivity (Wildman–Crippen MR) is 67.6 cm³/mol. The molecule has 88 valence electrons. The van der Waals surface area contributed by atoms with Gasteiger partial charge in [-0.3, -0.25) is 0 Å². The van der Waals surface area contributed by atoms with Gasteiger partial charge in [0.1, 0.15) is 11.0 Å². The molecule has 0 spiro atoms. The van der Waals surface area contributed by atoms with Gasteiger partial charge < -0.3 is 5.32 Å². The van der Waals surface area contributed by atoms with E-state index in [0.717, 1.165) is 29.4 Å². The van der Waals surface area contributed by atoms with E-state index in [-0.39, 0.29) is 5.54 Å². The van der Waals surface area contributed by atoms with Crippen molar-refractivity contribution < 1.29 is 0 Å². The largest absolute Gasteiger partial charge is 0.302 e. The topological polar surface area (TPSA) is 61.6 Å². The van der Waals surface area contributed by atoms with Crippen molar-refractivity contribution in [3.8, 4) is 6.07 Å². The van der Waals surface area contributed by atoms with Gasteiger partial charge in [0, 0.05) is 5.75 Å². The van der Waals surface area contributed by atoms with Crippen LogP contribution in [0.3, 0.4) is 0 Å². The van der Waals surface area contributed by atoms with Crippen LogP contribution in [-0.2, 0) is 0 Å². The summed E-state index contributed by atoms with van der Waals surface area (Å²) in [4.78, 5) is 0. The third kappa shape index (κ3) is 3.74. The van der Waals surface area contributed by atoms with Crippen LogP contribution in [0.2, 0.25) is 0 Å². The molecule has 1 aromatic rings. The Bertz CT molecular complexity index is 327. The standard InChI is InChI=1S/C10H16N4S2/c1-3-10(7-11,12-2)5-4-6-15-9-14-13-8-16-9/h8,12H,3-6H2,1-2H3. The lowest BCUT2D eigenvalue weighted by Gasteiger charge is -2.23. The van der Waals surface area contributed by atoms with Gasteiger partial charge in [-0.05, 0) is 26.3 Å². The number of nitrogens with zero attached hydrogens (tertiary/aromatic N) is 3. The molecular weight excluding hydrogens is 240 g/mol. The molecule has 0 fully saturated rings. The molecule has 1 unspecified atom stereocenters. The van der Waals surface area contributed by atoms with Crippen molar-refractivity contribution in [1.82, 2.24) is 15.5 Å². The van der Waals surface area contributed by atoms with Gasteiger partial charge in [0.05, 0.1) is 6.07 Å². The van der Waals surface area contributed by atoms with Crippen molar-refractivity contribution in [3.63, 3.8) is 0 Å². The molecule has 0 saturated heterocycles. The number of nitrogens with one attached hydrogen (secondary N) is 1. The van der Waals surface area contributed by atoms with E-state index in [4.69, 9.17) is 5.26 Å². The highest BCUT2D eigenvalue weighted by Crippen LogP contribution is 2.23. The molecule has 1 atom stereocenters. The van der Waals surface area contributed by atoms with Crippen LogP contribution < -0.4 is 5.32 Å². The van der Waals surface area contributed by atoms with E-state index in [1.54, 1.807) is 28.6 Å². The molecule has 1 rings (SSSR count). The summed E-state index contributed by atoms with van der Waals surface area (Å²) in [5.41, 5.74) is 1.38. The highest BCUT2D eigenvalue weighted by atomic mass is 32.2. The van der Waals surface area contributed by atoms with Gasteiger partial charge in [0.2, 0.25) is 0 Å². The lowest BCUT2D eigenvalue weighted by atomic mass is 9.93. The van der Waals surface area contributed by atoms with Gasteiger partial charge in [-0.25, -0.2) is 0 Å². The van der Waals surface area contributed by atoms with Crippen molar-refractivity contribution in [2.75, 3.05) is 12.8 Å². The van der Waals surface area contributed by atoms with Gasteiger partial charge in [-0.1, -0.05) is 30.0 Å². The second kappa shape index (κ2) is 6.84. The van der Waals surface area contributed by atoms with E-state index < -0.39 is 0 Å². The molecule has 0 aliphatic carbocycles. The zero-order valence-corrected chi connectivity index (χ0v) is 11.2. The number of thioether (sulfide) groups is 1. The Kier molecular flexibility index (Phi) is 5.74. The fourth-order valence-electron chi connectivity index (χ4n) is 1.43. The molecule has 0 bridgehead atoms. The van der Waals surface area contributed by atoms with E-state index in [1.165, 1.54) is 0 Å². The molecular formula is C10H16N4S2. The number of aromatic nitrogens is 2. The molecule has 0 radical (unpaired) electrons. The monoisotopic (exact) mass is 256 g/mol. The highest BCUT2D eigenvalue weighted by molar-refractivity contribution is 8.00. The van der Waals surface area contributed by atoms with Crippen LogP contribution in [0.5, 0.6) is 0 Å². The first-order valence-electron chi connectivity index (χ1n) is 5.25. The highest BCUT2D eigenvalue weighted by Gasteiger charge is 2.24. The Hall–Kier alpha value is -0.640. The summed E-state index contributed by atoms with van der Waals surface area (Å²) in [6, 6.07) is 2.36.